The molecular weight excluding hydrogens is 392 g/mol. The van der Waals surface area contributed by atoms with Crippen molar-refractivity contribution in [2.45, 2.75) is 39.3 Å². The smallest absolute Gasteiger partial charge is 0.257 e. The van der Waals surface area contributed by atoms with Gasteiger partial charge in [0.1, 0.15) is 11.3 Å². The Labute approximate surface area is 160 Å². The number of halogens is 1. The maximum Gasteiger partial charge on any atom is 0.257 e. The van der Waals surface area contributed by atoms with Crippen LogP contribution in [0.15, 0.2) is 34.8 Å². The fraction of sp³-hybridized carbons (Fsp3) is 0.300. The van der Waals surface area contributed by atoms with Gasteiger partial charge >= 0.3 is 0 Å². The summed E-state index contributed by atoms with van der Waals surface area (Å²) in [6, 6.07) is 9.82. The van der Waals surface area contributed by atoms with Crippen LogP contribution in [0.25, 0.3) is 11.0 Å². The van der Waals surface area contributed by atoms with Crippen molar-refractivity contribution in [2.75, 3.05) is 5.32 Å². The van der Waals surface area contributed by atoms with Gasteiger partial charge in [0.05, 0.1) is 11.1 Å². The van der Waals surface area contributed by atoms with Crippen LogP contribution in [0.2, 0.25) is 0 Å². The Morgan fingerprint density at radius 1 is 1.15 bits per heavy atom. The molecule has 2 aromatic carbocycles. The minimum atomic E-state index is -0.158. The minimum absolute atomic E-state index is 0.119. The van der Waals surface area contributed by atoms with Gasteiger partial charge in [0.2, 0.25) is 0 Å². The van der Waals surface area contributed by atoms with Crippen molar-refractivity contribution in [3.8, 4) is 0 Å². The lowest BCUT2D eigenvalue weighted by molar-refractivity contribution is 0.102. The second kappa shape index (κ2) is 6.21. The summed E-state index contributed by atoms with van der Waals surface area (Å²) in [7, 11) is 0. The molecule has 0 aliphatic carbocycles. The Balaban J connectivity index is 1.71. The molecular formula is C20H21BrN4O. The number of imidazole rings is 1. The van der Waals surface area contributed by atoms with Gasteiger partial charge in [-0.05, 0) is 35.4 Å². The summed E-state index contributed by atoms with van der Waals surface area (Å²) in [6.45, 7) is 8.02. The summed E-state index contributed by atoms with van der Waals surface area (Å²) in [6.07, 6.45) is 0. The highest BCUT2D eigenvalue weighted by atomic mass is 79.9. The number of carbonyl (C=O) groups is 1. The van der Waals surface area contributed by atoms with Crippen molar-refractivity contribution in [1.82, 2.24) is 15.3 Å². The van der Waals surface area contributed by atoms with Crippen LogP contribution in [0.1, 0.15) is 48.1 Å². The summed E-state index contributed by atoms with van der Waals surface area (Å²) >= 11 is 3.50. The number of benzene rings is 2. The summed E-state index contributed by atoms with van der Waals surface area (Å²) < 4.78 is 0.845. The molecule has 0 bridgehead atoms. The van der Waals surface area contributed by atoms with E-state index in [1.807, 2.05) is 24.3 Å². The van der Waals surface area contributed by atoms with Gasteiger partial charge in [0.25, 0.3) is 5.91 Å². The monoisotopic (exact) mass is 412 g/mol. The van der Waals surface area contributed by atoms with E-state index in [2.05, 4.69) is 58.4 Å². The van der Waals surface area contributed by atoms with Crippen molar-refractivity contribution in [3.05, 3.63) is 57.3 Å². The standard InChI is InChI=1S/C20H21BrN4O/c1-20(2,3)19-24-16-8-13(21)7-15(17(16)25-19)18(26)23-14-5-4-11-9-22-10-12(11)6-14/h4-8,22H,9-10H2,1-3H3,(H,23,26)(H,24,25). The van der Waals surface area contributed by atoms with Gasteiger partial charge in [0, 0.05) is 28.7 Å². The molecule has 3 aromatic rings. The molecule has 5 nitrogen and oxygen atoms in total. The maximum atomic E-state index is 12.9. The van der Waals surface area contributed by atoms with Crippen LogP contribution in [-0.2, 0) is 18.5 Å². The number of aromatic nitrogens is 2. The van der Waals surface area contributed by atoms with E-state index in [4.69, 9.17) is 4.98 Å². The van der Waals surface area contributed by atoms with Crippen molar-refractivity contribution >= 4 is 38.6 Å². The SMILES string of the molecule is CC(C)(C)c1nc2c(C(=O)Nc3ccc4c(c3)CNC4)cc(Br)cc2[nH]1. The third-order valence-corrected chi connectivity index (χ3v) is 5.06. The molecule has 4 rings (SSSR count). The van der Waals surface area contributed by atoms with Crippen molar-refractivity contribution in [1.29, 1.82) is 0 Å². The van der Waals surface area contributed by atoms with Gasteiger partial charge in [-0.1, -0.05) is 42.8 Å². The van der Waals surface area contributed by atoms with Crippen LogP contribution >= 0.6 is 15.9 Å². The Bertz CT molecular complexity index is 1020. The van der Waals surface area contributed by atoms with Crippen LogP contribution in [0.3, 0.4) is 0 Å². The highest BCUT2D eigenvalue weighted by molar-refractivity contribution is 9.10. The van der Waals surface area contributed by atoms with E-state index in [-0.39, 0.29) is 11.3 Å². The van der Waals surface area contributed by atoms with Crippen LogP contribution in [0, 0.1) is 0 Å². The minimum Gasteiger partial charge on any atom is -0.341 e. The normalized spacial score (nSPS) is 13.8. The maximum absolute atomic E-state index is 12.9. The first-order chi connectivity index (χ1) is 12.3. The molecule has 0 atom stereocenters. The fourth-order valence-electron chi connectivity index (χ4n) is 3.18. The van der Waals surface area contributed by atoms with Crippen LogP contribution in [0.4, 0.5) is 5.69 Å². The average Bonchev–Trinajstić information content (AvgIpc) is 3.19. The van der Waals surface area contributed by atoms with Gasteiger partial charge in [-0.15, -0.1) is 0 Å². The fourth-order valence-corrected chi connectivity index (χ4v) is 3.64. The zero-order valence-corrected chi connectivity index (χ0v) is 16.6. The molecule has 0 spiro atoms. The third kappa shape index (κ3) is 3.15. The Kier molecular flexibility index (Phi) is 4.12. The zero-order valence-electron chi connectivity index (χ0n) is 15.0. The zero-order chi connectivity index (χ0) is 18.5. The molecule has 134 valence electrons. The van der Waals surface area contributed by atoms with E-state index in [1.165, 1.54) is 11.1 Å². The lowest BCUT2D eigenvalue weighted by atomic mass is 9.96. The molecule has 1 aliphatic rings. The largest absolute Gasteiger partial charge is 0.341 e. The average molecular weight is 413 g/mol. The number of H-pyrrole nitrogens is 1. The molecule has 3 N–H and O–H groups in total. The number of nitrogens with one attached hydrogen (secondary N) is 3. The lowest BCUT2D eigenvalue weighted by Gasteiger charge is -2.13. The van der Waals surface area contributed by atoms with Crippen molar-refractivity contribution in [2.24, 2.45) is 0 Å². The molecule has 0 saturated heterocycles. The highest BCUT2D eigenvalue weighted by Crippen LogP contribution is 2.28. The summed E-state index contributed by atoms with van der Waals surface area (Å²) in [4.78, 5) is 21.0. The second-order valence-corrected chi connectivity index (χ2v) is 8.64. The highest BCUT2D eigenvalue weighted by Gasteiger charge is 2.22. The predicted molar refractivity (Wildman–Crippen MR) is 107 cm³/mol. The molecule has 26 heavy (non-hydrogen) atoms. The van der Waals surface area contributed by atoms with Crippen molar-refractivity contribution < 1.29 is 4.79 Å². The van der Waals surface area contributed by atoms with Crippen LogP contribution in [0.5, 0.6) is 0 Å². The van der Waals surface area contributed by atoms with Gasteiger partial charge in [-0.25, -0.2) is 4.98 Å². The number of hydrogen-bond donors (Lipinski definition) is 3. The molecule has 2 heterocycles. The first-order valence-electron chi connectivity index (χ1n) is 8.65. The molecule has 6 heteroatoms. The predicted octanol–water partition coefficient (Wildman–Crippen LogP) is 4.48. The molecule has 0 saturated carbocycles. The van der Waals surface area contributed by atoms with E-state index in [9.17, 15) is 4.79 Å². The molecule has 1 amide bonds. The Hall–Kier alpha value is -2.18. The number of nitrogens with zero attached hydrogens (tertiary/aromatic N) is 1. The van der Waals surface area contributed by atoms with Crippen LogP contribution in [-0.4, -0.2) is 15.9 Å². The number of aromatic amines is 1. The first kappa shape index (κ1) is 17.2. The van der Waals surface area contributed by atoms with Gasteiger partial charge in [-0.2, -0.15) is 0 Å². The quantitative estimate of drug-likeness (QED) is 0.580. The Morgan fingerprint density at radius 3 is 2.69 bits per heavy atom. The van der Waals surface area contributed by atoms with Crippen molar-refractivity contribution in [3.63, 3.8) is 0 Å². The van der Waals surface area contributed by atoms with Gasteiger partial charge in [0.15, 0.2) is 0 Å². The second-order valence-electron chi connectivity index (χ2n) is 7.73. The molecule has 0 unspecified atom stereocenters. The number of fused-ring (bicyclic) bond motifs is 2. The number of carbonyl (C=O) groups excluding carboxylic acids is 1. The molecule has 1 aliphatic heterocycles. The first-order valence-corrected chi connectivity index (χ1v) is 9.44. The Morgan fingerprint density at radius 2 is 1.92 bits per heavy atom. The molecule has 0 radical (unpaired) electrons. The third-order valence-electron chi connectivity index (χ3n) is 4.60. The molecule has 1 aromatic heterocycles. The number of rotatable bonds is 2. The topological polar surface area (TPSA) is 69.8 Å². The summed E-state index contributed by atoms with van der Waals surface area (Å²) in [5, 5.41) is 6.33. The van der Waals surface area contributed by atoms with E-state index in [1.54, 1.807) is 0 Å². The lowest BCUT2D eigenvalue weighted by Crippen LogP contribution is -2.14. The molecule has 0 fully saturated rings. The number of amides is 1. The van der Waals surface area contributed by atoms with Gasteiger partial charge < -0.3 is 15.6 Å². The number of anilines is 1. The van der Waals surface area contributed by atoms with E-state index < -0.39 is 0 Å². The number of hydrogen-bond acceptors (Lipinski definition) is 3. The van der Waals surface area contributed by atoms with Crippen LogP contribution < -0.4 is 10.6 Å². The summed E-state index contributed by atoms with van der Waals surface area (Å²) in [5.74, 6) is 0.706. The van der Waals surface area contributed by atoms with Gasteiger partial charge in [-0.3, -0.25) is 4.79 Å². The van der Waals surface area contributed by atoms with E-state index in [0.717, 1.165) is 34.6 Å². The summed E-state index contributed by atoms with van der Waals surface area (Å²) in [5.41, 5.74) is 5.31. The van der Waals surface area contributed by atoms with E-state index >= 15 is 0 Å². The van der Waals surface area contributed by atoms with E-state index in [0.29, 0.717) is 11.1 Å².